The van der Waals surface area contributed by atoms with Crippen molar-refractivity contribution in [2.75, 3.05) is 19.8 Å². The van der Waals surface area contributed by atoms with Crippen LogP contribution in [0.15, 0.2) is 54.7 Å². The molecule has 1 saturated carbocycles. The molecule has 0 bridgehead atoms. The molecule has 0 radical (unpaired) electrons. The van der Waals surface area contributed by atoms with Crippen molar-refractivity contribution >= 4 is 10.9 Å². The summed E-state index contributed by atoms with van der Waals surface area (Å²) >= 11 is 0. The van der Waals surface area contributed by atoms with Crippen LogP contribution in [0.1, 0.15) is 49.8 Å². The number of aromatic nitrogens is 1. The highest BCUT2D eigenvalue weighted by atomic mass is 16.5. The number of benzene rings is 2. The van der Waals surface area contributed by atoms with Crippen molar-refractivity contribution < 1.29 is 9.84 Å². The second kappa shape index (κ2) is 9.40. The number of nitrogens with zero attached hydrogens (tertiary/aromatic N) is 1. The van der Waals surface area contributed by atoms with E-state index in [1.807, 2.05) is 13.8 Å². The standard InChI is InChI=1S/C23H27NO2.C2H6/c1-18-7-9-19(10-8-18)23(11-4-12-23)21-17-24(13-15-26-16-14-25)22-6-3-2-5-20(21)22;1-2/h2-3,5-10,17,25H,4,11-16H2,1H3;1-2H3. The Kier molecular flexibility index (Phi) is 6.93. The number of hydrogen-bond acceptors (Lipinski definition) is 2. The summed E-state index contributed by atoms with van der Waals surface area (Å²) in [5.41, 5.74) is 5.61. The first-order chi connectivity index (χ1) is 13.7. The van der Waals surface area contributed by atoms with Gasteiger partial charge in [0.1, 0.15) is 0 Å². The number of aliphatic hydroxyl groups is 1. The van der Waals surface area contributed by atoms with Crippen molar-refractivity contribution in [3.05, 3.63) is 71.4 Å². The van der Waals surface area contributed by atoms with E-state index in [-0.39, 0.29) is 12.0 Å². The smallest absolute Gasteiger partial charge is 0.0698 e. The molecule has 3 heteroatoms. The zero-order valence-corrected chi connectivity index (χ0v) is 17.4. The van der Waals surface area contributed by atoms with E-state index in [1.54, 1.807) is 0 Å². The van der Waals surface area contributed by atoms with Crippen LogP contribution >= 0.6 is 0 Å². The second-order valence-electron chi connectivity index (χ2n) is 7.39. The minimum atomic E-state index is 0.0776. The van der Waals surface area contributed by atoms with Crippen molar-refractivity contribution in [2.24, 2.45) is 0 Å². The van der Waals surface area contributed by atoms with Gasteiger partial charge in [0.05, 0.1) is 19.8 Å². The maximum atomic E-state index is 8.90. The second-order valence-corrected chi connectivity index (χ2v) is 7.39. The Bertz CT molecular complexity index is 875. The summed E-state index contributed by atoms with van der Waals surface area (Å²) in [4.78, 5) is 0. The molecule has 1 fully saturated rings. The van der Waals surface area contributed by atoms with Crippen LogP contribution in [0.25, 0.3) is 10.9 Å². The fourth-order valence-corrected chi connectivity index (χ4v) is 4.26. The zero-order valence-electron chi connectivity index (χ0n) is 17.4. The SMILES string of the molecule is CC.Cc1ccc(C2(c3cn(CCOCCO)c4ccccc34)CCC2)cc1. The number of hydrogen-bond donors (Lipinski definition) is 1. The summed E-state index contributed by atoms with van der Waals surface area (Å²) in [5, 5.41) is 10.3. The fourth-order valence-electron chi connectivity index (χ4n) is 4.26. The molecule has 0 saturated heterocycles. The molecular formula is C25H33NO2. The Morgan fingerprint density at radius 1 is 1.00 bits per heavy atom. The summed E-state index contributed by atoms with van der Waals surface area (Å²) in [6.45, 7) is 8.06. The molecule has 0 atom stereocenters. The van der Waals surface area contributed by atoms with E-state index in [2.05, 4.69) is 66.2 Å². The molecule has 1 heterocycles. The number of fused-ring (bicyclic) bond motifs is 1. The molecule has 0 spiro atoms. The maximum Gasteiger partial charge on any atom is 0.0698 e. The molecule has 2 aromatic carbocycles. The lowest BCUT2D eigenvalue weighted by atomic mass is 9.60. The summed E-state index contributed by atoms with van der Waals surface area (Å²) in [7, 11) is 0. The number of aryl methyl sites for hydroxylation is 1. The number of aliphatic hydroxyl groups excluding tert-OH is 1. The monoisotopic (exact) mass is 379 g/mol. The van der Waals surface area contributed by atoms with Gasteiger partial charge >= 0.3 is 0 Å². The minimum absolute atomic E-state index is 0.0776. The third-order valence-electron chi connectivity index (χ3n) is 5.83. The average Bonchev–Trinajstić information content (AvgIpc) is 3.07. The molecular weight excluding hydrogens is 346 g/mol. The molecule has 1 aliphatic rings. The van der Waals surface area contributed by atoms with Crippen LogP contribution < -0.4 is 0 Å². The molecule has 0 aliphatic heterocycles. The lowest BCUT2D eigenvalue weighted by Crippen LogP contribution is -2.35. The van der Waals surface area contributed by atoms with Gasteiger partial charge in [-0.15, -0.1) is 0 Å². The van der Waals surface area contributed by atoms with Crippen molar-refractivity contribution in [2.45, 2.75) is 52.0 Å². The van der Waals surface area contributed by atoms with Crippen LogP contribution in [0.2, 0.25) is 0 Å². The molecule has 4 rings (SSSR count). The normalized spacial score (nSPS) is 15.0. The van der Waals surface area contributed by atoms with Gasteiger partial charge in [0.25, 0.3) is 0 Å². The first-order valence-electron chi connectivity index (χ1n) is 10.6. The topological polar surface area (TPSA) is 34.4 Å². The fraction of sp³-hybridized carbons (Fsp3) is 0.440. The summed E-state index contributed by atoms with van der Waals surface area (Å²) in [5.74, 6) is 0. The first kappa shape index (κ1) is 20.6. The van der Waals surface area contributed by atoms with Crippen LogP contribution in [-0.2, 0) is 16.7 Å². The molecule has 0 unspecified atom stereocenters. The quantitative estimate of drug-likeness (QED) is 0.554. The molecule has 0 amide bonds. The van der Waals surface area contributed by atoms with Crippen molar-refractivity contribution in [3.63, 3.8) is 0 Å². The van der Waals surface area contributed by atoms with Gasteiger partial charge in [-0.05, 0) is 37.0 Å². The molecule has 28 heavy (non-hydrogen) atoms. The Balaban J connectivity index is 0.00000109. The maximum absolute atomic E-state index is 8.90. The number of rotatable bonds is 7. The van der Waals surface area contributed by atoms with Gasteiger partial charge < -0.3 is 14.4 Å². The van der Waals surface area contributed by atoms with Gasteiger partial charge in [0.15, 0.2) is 0 Å². The van der Waals surface area contributed by atoms with Gasteiger partial charge in [-0.25, -0.2) is 0 Å². The van der Waals surface area contributed by atoms with Gasteiger partial charge in [-0.3, -0.25) is 0 Å². The van der Waals surface area contributed by atoms with Crippen LogP contribution in [0.3, 0.4) is 0 Å². The van der Waals surface area contributed by atoms with Gasteiger partial charge in [0.2, 0.25) is 0 Å². The molecule has 1 N–H and O–H groups in total. The lowest BCUT2D eigenvalue weighted by molar-refractivity contribution is 0.0875. The average molecular weight is 380 g/mol. The van der Waals surface area contributed by atoms with E-state index in [1.165, 1.54) is 46.9 Å². The highest BCUT2D eigenvalue weighted by Crippen LogP contribution is 2.51. The largest absolute Gasteiger partial charge is 0.394 e. The highest BCUT2D eigenvalue weighted by molar-refractivity contribution is 5.86. The summed E-state index contributed by atoms with van der Waals surface area (Å²) in [6, 6.07) is 17.8. The molecule has 3 nitrogen and oxygen atoms in total. The van der Waals surface area contributed by atoms with Crippen molar-refractivity contribution in [3.8, 4) is 0 Å². The van der Waals surface area contributed by atoms with Crippen LogP contribution in [0.4, 0.5) is 0 Å². The van der Waals surface area contributed by atoms with E-state index in [4.69, 9.17) is 9.84 Å². The summed E-state index contributed by atoms with van der Waals surface area (Å²) in [6.07, 6.45) is 6.05. The Labute approximate surface area is 169 Å². The predicted octanol–water partition coefficient (Wildman–Crippen LogP) is 5.45. The third kappa shape index (κ3) is 3.87. The van der Waals surface area contributed by atoms with Crippen LogP contribution in [0, 0.1) is 6.92 Å². The number of para-hydroxylation sites is 1. The number of ether oxygens (including phenoxy) is 1. The molecule has 3 aromatic rings. The van der Waals surface area contributed by atoms with E-state index >= 15 is 0 Å². The van der Waals surface area contributed by atoms with Gasteiger partial charge in [-0.2, -0.15) is 0 Å². The van der Waals surface area contributed by atoms with E-state index in [0.717, 1.165) is 6.54 Å². The Morgan fingerprint density at radius 3 is 2.36 bits per heavy atom. The van der Waals surface area contributed by atoms with Crippen molar-refractivity contribution in [1.82, 2.24) is 4.57 Å². The van der Waals surface area contributed by atoms with Gasteiger partial charge in [-0.1, -0.05) is 68.3 Å². The zero-order chi connectivity index (χ0) is 20.0. The minimum Gasteiger partial charge on any atom is -0.394 e. The van der Waals surface area contributed by atoms with Crippen LogP contribution in [0.5, 0.6) is 0 Å². The Morgan fingerprint density at radius 2 is 1.71 bits per heavy atom. The Hall–Kier alpha value is -2.10. The highest BCUT2D eigenvalue weighted by Gasteiger charge is 2.42. The van der Waals surface area contributed by atoms with E-state index in [0.29, 0.717) is 13.2 Å². The van der Waals surface area contributed by atoms with Crippen LogP contribution in [-0.4, -0.2) is 29.5 Å². The predicted molar refractivity (Wildman–Crippen MR) is 117 cm³/mol. The molecule has 1 aliphatic carbocycles. The lowest BCUT2D eigenvalue weighted by Gasteiger charge is -2.43. The van der Waals surface area contributed by atoms with Crippen molar-refractivity contribution in [1.29, 1.82) is 0 Å². The summed E-state index contributed by atoms with van der Waals surface area (Å²) < 4.78 is 7.81. The molecule has 150 valence electrons. The molecule has 1 aromatic heterocycles. The van der Waals surface area contributed by atoms with Gasteiger partial charge in [0, 0.05) is 29.1 Å². The first-order valence-corrected chi connectivity index (χ1v) is 10.6. The van der Waals surface area contributed by atoms with E-state index in [9.17, 15) is 0 Å². The van der Waals surface area contributed by atoms with E-state index < -0.39 is 0 Å². The third-order valence-corrected chi connectivity index (χ3v) is 5.83.